The highest BCUT2D eigenvalue weighted by Gasteiger charge is 2.29. The fraction of sp³-hybridized carbons (Fsp3) is 0.316. The Balaban J connectivity index is 1.61. The molecular weight excluding hydrogens is 423 g/mol. The van der Waals surface area contributed by atoms with Crippen LogP contribution in [0.15, 0.2) is 52.3 Å². The van der Waals surface area contributed by atoms with Gasteiger partial charge in [-0.2, -0.15) is 4.31 Å². The van der Waals surface area contributed by atoms with Gasteiger partial charge < -0.3 is 5.32 Å². The molecule has 0 aliphatic carbocycles. The van der Waals surface area contributed by atoms with Gasteiger partial charge in [0.1, 0.15) is 10.7 Å². The van der Waals surface area contributed by atoms with E-state index >= 15 is 0 Å². The maximum absolute atomic E-state index is 12.9. The molecular formula is C19H20ClFN2O3S2. The van der Waals surface area contributed by atoms with Gasteiger partial charge in [0, 0.05) is 35.8 Å². The molecule has 1 amide bonds. The van der Waals surface area contributed by atoms with E-state index in [4.69, 9.17) is 11.6 Å². The number of hydrogen-bond acceptors (Lipinski definition) is 4. The molecule has 0 radical (unpaired) electrons. The Morgan fingerprint density at radius 2 is 1.82 bits per heavy atom. The molecule has 1 fully saturated rings. The van der Waals surface area contributed by atoms with Crippen molar-refractivity contribution in [2.75, 3.05) is 24.2 Å². The summed E-state index contributed by atoms with van der Waals surface area (Å²) in [4.78, 5) is 13.1. The van der Waals surface area contributed by atoms with Gasteiger partial charge in [0.2, 0.25) is 15.9 Å². The topological polar surface area (TPSA) is 66.5 Å². The Morgan fingerprint density at radius 1 is 1.14 bits per heavy atom. The second-order valence-electron chi connectivity index (χ2n) is 6.36. The fourth-order valence-electron chi connectivity index (χ4n) is 2.86. The summed E-state index contributed by atoms with van der Waals surface area (Å²) in [5, 5.41) is 2.85. The van der Waals surface area contributed by atoms with Crippen molar-refractivity contribution < 1.29 is 17.6 Å². The van der Waals surface area contributed by atoms with Crippen molar-refractivity contribution in [1.29, 1.82) is 0 Å². The van der Waals surface area contributed by atoms with Crippen LogP contribution in [0.2, 0.25) is 5.02 Å². The SMILES string of the molecule is O=C(CCSc1ccc(F)cc1)Nc1ccc(Cl)c(S(=O)(=O)N2CCCC2)c1. The van der Waals surface area contributed by atoms with Gasteiger partial charge in [0.25, 0.3) is 0 Å². The number of hydrogen-bond donors (Lipinski definition) is 1. The molecule has 5 nitrogen and oxygen atoms in total. The molecule has 3 rings (SSSR count). The van der Waals surface area contributed by atoms with E-state index in [1.54, 1.807) is 18.2 Å². The average molecular weight is 443 g/mol. The summed E-state index contributed by atoms with van der Waals surface area (Å²) < 4.78 is 39.8. The third kappa shape index (κ3) is 5.26. The highest BCUT2D eigenvalue weighted by Crippen LogP contribution is 2.29. The standard InChI is InChI=1S/C19H20ClFN2O3S2/c20-17-8-5-15(13-18(17)28(25,26)23-10-1-2-11-23)22-19(24)9-12-27-16-6-3-14(21)4-7-16/h3-8,13H,1-2,9-12H2,(H,22,24). The van der Waals surface area contributed by atoms with Gasteiger partial charge in [0.15, 0.2) is 0 Å². The number of sulfonamides is 1. The van der Waals surface area contributed by atoms with E-state index in [0.717, 1.165) is 17.7 Å². The lowest BCUT2D eigenvalue weighted by molar-refractivity contribution is -0.115. The molecule has 0 atom stereocenters. The zero-order chi connectivity index (χ0) is 20.1. The maximum atomic E-state index is 12.9. The van der Waals surface area contributed by atoms with E-state index < -0.39 is 10.0 Å². The molecule has 9 heteroatoms. The lowest BCUT2D eigenvalue weighted by Crippen LogP contribution is -2.28. The molecule has 2 aromatic carbocycles. The zero-order valence-corrected chi connectivity index (χ0v) is 17.4. The minimum absolute atomic E-state index is 0.00885. The number of halogens is 2. The predicted molar refractivity (Wildman–Crippen MR) is 110 cm³/mol. The summed E-state index contributed by atoms with van der Waals surface area (Å²) >= 11 is 7.55. The molecule has 150 valence electrons. The van der Waals surface area contributed by atoms with Gasteiger partial charge in [-0.3, -0.25) is 4.79 Å². The van der Waals surface area contributed by atoms with Gasteiger partial charge in [-0.25, -0.2) is 12.8 Å². The second-order valence-corrected chi connectivity index (χ2v) is 9.84. The van der Waals surface area contributed by atoms with Crippen LogP contribution in [0.3, 0.4) is 0 Å². The first-order valence-electron chi connectivity index (χ1n) is 8.84. The molecule has 2 aromatic rings. The van der Waals surface area contributed by atoms with Crippen molar-refractivity contribution >= 4 is 45.0 Å². The van der Waals surface area contributed by atoms with Crippen LogP contribution in [-0.2, 0) is 14.8 Å². The van der Waals surface area contributed by atoms with E-state index in [0.29, 0.717) is 24.5 Å². The summed E-state index contributed by atoms with van der Waals surface area (Å²) in [5.74, 6) is -0.0183. The first-order valence-corrected chi connectivity index (χ1v) is 11.6. The molecule has 0 bridgehead atoms. The monoisotopic (exact) mass is 442 g/mol. The summed E-state index contributed by atoms with van der Waals surface area (Å²) in [6.07, 6.45) is 1.90. The van der Waals surface area contributed by atoms with Crippen LogP contribution in [0.5, 0.6) is 0 Å². The number of benzene rings is 2. The predicted octanol–water partition coefficient (Wildman–Crippen LogP) is 4.38. The fourth-order valence-corrected chi connectivity index (χ4v) is 5.73. The summed E-state index contributed by atoms with van der Waals surface area (Å²) in [6, 6.07) is 10.5. The normalized spacial score (nSPS) is 14.9. The van der Waals surface area contributed by atoms with E-state index in [1.807, 2.05) is 0 Å². The summed E-state index contributed by atoms with van der Waals surface area (Å²) in [5.41, 5.74) is 0.388. The minimum atomic E-state index is -3.67. The third-order valence-electron chi connectivity index (χ3n) is 4.31. The Hall–Kier alpha value is -1.61. The minimum Gasteiger partial charge on any atom is -0.326 e. The molecule has 0 aromatic heterocycles. The first-order chi connectivity index (χ1) is 13.4. The van der Waals surface area contributed by atoms with E-state index in [1.165, 1.54) is 40.3 Å². The molecule has 1 heterocycles. The molecule has 28 heavy (non-hydrogen) atoms. The van der Waals surface area contributed by atoms with Crippen molar-refractivity contribution in [1.82, 2.24) is 4.31 Å². The zero-order valence-electron chi connectivity index (χ0n) is 15.0. The van der Waals surface area contributed by atoms with E-state index in [2.05, 4.69) is 5.32 Å². The van der Waals surface area contributed by atoms with Crippen LogP contribution in [0.4, 0.5) is 10.1 Å². The number of carbonyl (C=O) groups excluding carboxylic acids is 1. The number of nitrogens with one attached hydrogen (secondary N) is 1. The van der Waals surface area contributed by atoms with Crippen LogP contribution in [0, 0.1) is 5.82 Å². The van der Waals surface area contributed by atoms with E-state index in [9.17, 15) is 17.6 Å². The quantitative estimate of drug-likeness (QED) is 0.646. The van der Waals surface area contributed by atoms with E-state index in [-0.39, 0.29) is 28.1 Å². The van der Waals surface area contributed by atoms with Crippen molar-refractivity contribution in [3.8, 4) is 0 Å². The highest BCUT2D eigenvalue weighted by atomic mass is 35.5. The van der Waals surface area contributed by atoms with Gasteiger partial charge in [-0.1, -0.05) is 11.6 Å². The van der Waals surface area contributed by atoms with Crippen LogP contribution >= 0.6 is 23.4 Å². The molecule has 0 unspecified atom stereocenters. The van der Waals surface area contributed by atoms with Gasteiger partial charge in [-0.05, 0) is 55.3 Å². The number of amides is 1. The molecule has 1 aliphatic rings. The van der Waals surface area contributed by atoms with Gasteiger partial charge in [0.05, 0.1) is 5.02 Å². The van der Waals surface area contributed by atoms with Crippen LogP contribution in [0.1, 0.15) is 19.3 Å². The molecule has 1 N–H and O–H groups in total. The summed E-state index contributed by atoms with van der Waals surface area (Å²) in [6.45, 7) is 0.964. The Bertz CT molecular complexity index is 946. The molecule has 0 spiro atoms. The lowest BCUT2D eigenvalue weighted by Gasteiger charge is -2.17. The van der Waals surface area contributed by atoms with Crippen molar-refractivity contribution in [3.63, 3.8) is 0 Å². The van der Waals surface area contributed by atoms with Crippen LogP contribution in [0.25, 0.3) is 0 Å². The lowest BCUT2D eigenvalue weighted by atomic mass is 10.3. The number of carbonyl (C=O) groups is 1. The van der Waals surface area contributed by atoms with Crippen LogP contribution < -0.4 is 5.32 Å². The Morgan fingerprint density at radius 3 is 2.50 bits per heavy atom. The Labute approximate surface area is 173 Å². The average Bonchev–Trinajstić information content (AvgIpc) is 3.20. The number of anilines is 1. The maximum Gasteiger partial charge on any atom is 0.244 e. The largest absolute Gasteiger partial charge is 0.326 e. The number of nitrogens with zero attached hydrogens (tertiary/aromatic N) is 1. The third-order valence-corrected chi connectivity index (χ3v) is 7.70. The second kappa shape index (κ2) is 9.26. The molecule has 0 saturated carbocycles. The van der Waals surface area contributed by atoms with Crippen LogP contribution in [-0.4, -0.2) is 37.5 Å². The Kier molecular flexibility index (Phi) is 6.98. The molecule has 1 aliphatic heterocycles. The van der Waals surface area contributed by atoms with Gasteiger partial charge >= 0.3 is 0 Å². The molecule has 1 saturated heterocycles. The van der Waals surface area contributed by atoms with Crippen molar-refractivity contribution in [2.45, 2.75) is 29.1 Å². The first kappa shape index (κ1) is 21.1. The summed E-state index contributed by atoms with van der Waals surface area (Å²) in [7, 11) is -3.67. The number of rotatable bonds is 7. The smallest absolute Gasteiger partial charge is 0.244 e. The van der Waals surface area contributed by atoms with Crippen molar-refractivity contribution in [3.05, 3.63) is 53.3 Å². The highest BCUT2D eigenvalue weighted by molar-refractivity contribution is 7.99. The number of thioether (sulfide) groups is 1. The van der Waals surface area contributed by atoms with Gasteiger partial charge in [-0.15, -0.1) is 11.8 Å². The van der Waals surface area contributed by atoms with Crippen molar-refractivity contribution in [2.24, 2.45) is 0 Å².